The highest BCUT2D eigenvalue weighted by Gasteiger charge is 2.34. The predicted octanol–water partition coefficient (Wildman–Crippen LogP) is 1.85. The van der Waals surface area contributed by atoms with Crippen molar-refractivity contribution in [3.05, 3.63) is 29.8 Å². The number of likely N-dealkylation sites (tertiary alicyclic amines) is 1. The molecule has 1 aliphatic rings. The van der Waals surface area contributed by atoms with Crippen LogP contribution in [0.3, 0.4) is 0 Å². The first-order chi connectivity index (χ1) is 13.0. The highest BCUT2D eigenvalue weighted by atomic mass is 16.5. The molecular formula is C20H28N2O5. The summed E-state index contributed by atoms with van der Waals surface area (Å²) in [5.41, 5.74) is 0.780. The zero-order valence-corrected chi connectivity index (χ0v) is 15.9. The maximum atomic E-state index is 12.5. The number of rotatable bonds is 9. The first-order valence-electron chi connectivity index (χ1n) is 9.39. The Morgan fingerprint density at radius 1 is 1.33 bits per heavy atom. The van der Waals surface area contributed by atoms with Crippen LogP contribution < -0.4 is 10.1 Å². The molecule has 0 bridgehead atoms. The Hall–Kier alpha value is -2.57. The summed E-state index contributed by atoms with van der Waals surface area (Å²) in [7, 11) is 1.54. The van der Waals surface area contributed by atoms with Gasteiger partial charge in [-0.05, 0) is 37.3 Å². The quantitative estimate of drug-likeness (QED) is 0.686. The van der Waals surface area contributed by atoms with Gasteiger partial charge in [-0.2, -0.15) is 0 Å². The fourth-order valence-corrected chi connectivity index (χ4v) is 3.42. The molecule has 0 spiro atoms. The van der Waals surface area contributed by atoms with E-state index in [0.29, 0.717) is 25.1 Å². The van der Waals surface area contributed by atoms with Crippen LogP contribution in [-0.2, 0) is 20.8 Å². The van der Waals surface area contributed by atoms with Crippen LogP contribution in [0.4, 0.5) is 0 Å². The average Bonchev–Trinajstić information content (AvgIpc) is 3.15. The smallest absolute Gasteiger partial charge is 0.308 e. The lowest BCUT2D eigenvalue weighted by atomic mass is 9.98. The highest BCUT2D eigenvalue weighted by Crippen LogP contribution is 2.22. The van der Waals surface area contributed by atoms with Gasteiger partial charge >= 0.3 is 5.97 Å². The van der Waals surface area contributed by atoms with Crippen LogP contribution in [-0.4, -0.2) is 54.0 Å². The van der Waals surface area contributed by atoms with Crippen molar-refractivity contribution in [2.45, 2.75) is 45.1 Å². The molecular weight excluding hydrogens is 348 g/mol. The van der Waals surface area contributed by atoms with Crippen LogP contribution in [0.2, 0.25) is 0 Å². The molecule has 148 valence electrons. The molecule has 2 atom stereocenters. The average molecular weight is 376 g/mol. The molecule has 0 radical (unpaired) electrons. The Balaban J connectivity index is 1.98. The van der Waals surface area contributed by atoms with Gasteiger partial charge < -0.3 is 20.1 Å². The van der Waals surface area contributed by atoms with E-state index >= 15 is 0 Å². The first-order valence-corrected chi connectivity index (χ1v) is 9.39. The molecule has 7 nitrogen and oxygen atoms in total. The Labute approximate surface area is 159 Å². The number of benzene rings is 1. The standard InChI is InChI=1S/C20H28N2O5/c1-3-7-18(23)22-11-6-9-16(22)19(24)21-13-15(20(25)26)12-14-8-4-5-10-17(14)27-2/h4-5,8,10,15-16H,3,6-7,9,11-13H2,1-2H3,(H,21,24)(H,25,26). The Morgan fingerprint density at radius 3 is 2.74 bits per heavy atom. The van der Waals surface area contributed by atoms with E-state index in [1.54, 1.807) is 18.1 Å². The number of carboxylic acid groups (broad SMARTS) is 1. The third kappa shape index (κ3) is 5.45. The van der Waals surface area contributed by atoms with Gasteiger partial charge in [-0.15, -0.1) is 0 Å². The number of carbonyl (C=O) groups excluding carboxylic acids is 2. The van der Waals surface area contributed by atoms with Gasteiger partial charge in [0.05, 0.1) is 13.0 Å². The lowest BCUT2D eigenvalue weighted by Gasteiger charge is -2.24. The van der Waals surface area contributed by atoms with Crippen molar-refractivity contribution in [3.63, 3.8) is 0 Å². The van der Waals surface area contributed by atoms with E-state index < -0.39 is 17.9 Å². The molecule has 1 aromatic rings. The monoisotopic (exact) mass is 376 g/mol. The number of carbonyl (C=O) groups is 3. The molecule has 1 fully saturated rings. The molecule has 2 rings (SSSR count). The van der Waals surface area contributed by atoms with Crippen LogP contribution in [0.15, 0.2) is 24.3 Å². The largest absolute Gasteiger partial charge is 0.496 e. The summed E-state index contributed by atoms with van der Waals surface area (Å²) in [6, 6.07) is 6.75. The Bertz CT molecular complexity index is 676. The van der Waals surface area contributed by atoms with E-state index in [1.165, 1.54) is 0 Å². The number of hydrogen-bond acceptors (Lipinski definition) is 4. The van der Waals surface area contributed by atoms with Gasteiger partial charge in [0.15, 0.2) is 0 Å². The summed E-state index contributed by atoms with van der Waals surface area (Å²) in [4.78, 5) is 38.0. The number of methoxy groups -OCH3 is 1. The number of carboxylic acids is 1. The second-order valence-electron chi connectivity index (χ2n) is 6.79. The number of amides is 2. The zero-order valence-electron chi connectivity index (χ0n) is 15.9. The van der Waals surface area contributed by atoms with Crippen molar-refractivity contribution >= 4 is 17.8 Å². The fourth-order valence-electron chi connectivity index (χ4n) is 3.42. The maximum Gasteiger partial charge on any atom is 0.308 e. The van der Waals surface area contributed by atoms with E-state index in [-0.39, 0.29) is 24.8 Å². The van der Waals surface area contributed by atoms with Gasteiger partial charge in [-0.25, -0.2) is 0 Å². The summed E-state index contributed by atoms with van der Waals surface area (Å²) in [5, 5.41) is 12.3. The molecule has 2 amide bonds. The molecule has 27 heavy (non-hydrogen) atoms. The minimum Gasteiger partial charge on any atom is -0.496 e. The SMILES string of the molecule is CCCC(=O)N1CCCC1C(=O)NCC(Cc1ccccc1OC)C(=O)O. The van der Waals surface area contributed by atoms with Crippen molar-refractivity contribution in [2.75, 3.05) is 20.2 Å². The number of nitrogens with zero attached hydrogens (tertiary/aromatic N) is 1. The van der Waals surface area contributed by atoms with Crippen molar-refractivity contribution in [3.8, 4) is 5.75 Å². The molecule has 0 saturated carbocycles. The van der Waals surface area contributed by atoms with Crippen LogP contribution in [0.5, 0.6) is 5.75 Å². The predicted molar refractivity (Wildman–Crippen MR) is 100 cm³/mol. The second-order valence-corrected chi connectivity index (χ2v) is 6.79. The minimum absolute atomic E-state index is 0.0124. The van der Waals surface area contributed by atoms with Crippen molar-refractivity contribution in [2.24, 2.45) is 5.92 Å². The third-order valence-corrected chi connectivity index (χ3v) is 4.87. The summed E-state index contributed by atoms with van der Waals surface area (Å²) < 4.78 is 5.27. The lowest BCUT2D eigenvalue weighted by Crippen LogP contribution is -2.47. The molecule has 7 heteroatoms. The normalized spacial score (nSPS) is 17.4. The van der Waals surface area contributed by atoms with Crippen molar-refractivity contribution in [1.82, 2.24) is 10.2 Å². The van der Waals surface area contributed by atoms with Crippen LogP contribution in [0.25, 0.3) is 0 Å². The Kier molecular flexibility index (Phi) is 7.64. The van der Waals surface area contributed by atoms with Gasteiger partial charge in [-0.1, -0.05) is 25.1 Å². The van der Waals surface area contributed by atoms with Gasteiger partial charge in [0, 0.05) is 19.5 Å². The van der Waals surface area contributed by atoms with E-state index in [1.807, 2.05) is 25.1 Å². The maximum absolute atomic E-state index is 12.5. The molecule has 0 aliphatic carbocycles. The Morgan fingerprint density at radius 2 is 2.07 bits per heavy atom. The zero-order chi connectivity index (χ0) is 19.8. The molecule has 1 heterocycles. The van der Waals surface area contributed by atoms with Gasteiger partial charge in [0.2, 0.25) is 11.8 Å². The number of aliphatic carboxylic acids is 1. The highest BCUT2D eigenvalue weighted by molar-refractivity contribution is 5.88. The summed E-state index contributed by atoms with van der Waals surface area (Å²) in [5.74, 6) is -1.41. The summed E-state index contributed by atoms with van der Waals surface area (Å²) in [6.45, 7) is 2.53. The molecule has 2 unspecified atom stereocenters. The van der Waals surface area contributed by atoms with E-state index in [9.17, 15) is 19.5 Å². The molecule has 1 aromatic carbocycles. The second kappa shape index (κ2) is 9.94. The summed E-state index contributed by atoms with van der Waals surface area (Å²) >= 11 is 0. The molecule has 0 aromatic heterocycles. The lowest BCUT2D eigenvalue weighted by molar-refractivity contribution is -0.142. The molecule has 1 saturated heterocycles. The van der Waals surface area contributed by atoms with E-state index in [4.69, 9.17) is 4.74 Å². The number of ether oxygens (including phenoxy) is 1. The topological polar surface area (TPSA) is 95.9 Å². The van der Waals surface area contributed by atoms with Crippen LogP contribution in [0, 0.1) is 5.92 Å². The molecule has 2 N–H and O–H groups in total. The van der Waals surface area contributed by atoms with Crippen molar-refractivity contribution in [1.29, 1.82) is 0 Å². The van der Waals surface area contributed by atoms with E-state index in [0.717, 1.165) is 18.4 Å². The van der Waals surface area contributed by atoms with Crippen LogP contribution in [0.1, 0.15) is 38.2 Å². The third-order valence-electron chi connectivity index (χ3n) is 4.87. The van der Waals surface area contributed by atoms with Gasteiger partial charge in [-0.3, -0.25) is 14.4 Å². The first kappa shape index (κ1) is 20.7. The fraction of sp³-hybridized carbons (Fsp3) is 0.550. The van der Waals surface area contributed by atoms with Crippen molar-refractivity contribution < 1.29 is 24.2 Å². The number of hydrogen-bond donors (Lipinski definition) is 2. The van der Waals surface area contributed by atoms with Gasteiger partial charge in [0.25, 0.3) is 0 Å². The molecule has 1 aliphatic heterocycles. The van der Waals surface area contributed by atoms with E-state index in [2.05, 4.69) is 5.32 Å². The number of nitrogens with one attached hydrogen (secondary N) is 1. The number of para-hydroxylation sites is 1. The van der Waals surface area contributed by atoms with Gasteiger partial charge in [0.1, 0.15) is 11.8 Å². The minimum atomic E-state index is -0.980. The van der Waals surface area contributed by atoms with Crippen LogP contribution >= 0.6 is 0 Å². The summed E-state index contributed by atoms with van der Waals surface area (Å²) in [6.07, 6.45) is 2.82.